The van der Waals surface area contributed by atoms with Crippen LogP contribution in [0.4, 0.5) is 4.39 Å². The summed E-state index contributed by atoms with van der Waals surface area (Å²) in [5.41, 5.74) is 1.12. The summed E-state index contributed by atoms with van der Waals surface area (Å²) in [7, 11) is 1.61. The zero-order valence-electron chi connectivity index (χ0n) is 12.3. The van der Waals surface area contributed by atoms with Crippen LogP contribution in [0.1, 0.15) is 25.8 Å². The summed E-state index contributed by atoms with van der Waals surface area (Å²) >= 11 is 3.49. The van der Waals surface area contributed by atoms with Crippen LogP contribution in [0.15, 0.2) is 16.6 Å². The van der Waals surface area contributed by atoms with Gasteiger partial charge in [0, 0.05) is 13.0 Å². The monoisotopic (exact) mass is 347 g/mol. The van der Waals surface area contributed by atoms with Crippen molar-refractivity contribution in [3.8, 4) is 11.5 Å². The van der Waals surface area contributed by atoms with Crippen LogP contribution in [-0.2, 0) is 6.54 Å². The second-order valence-electron chi connectivity index (χ2n) is 5.02. The SMILES string of the molecule is COc1cc(CNCC(C)C)cc(Br)c1OCCCF. The molecule has 0 aliphatic carbocycles. The number of hydrogen-bond acceptors (Lipinski definition) is 3. The minimum Gasteiger partial charge on any atom is -0.493 e. The lowest BCUT2D eigenvalue weighted by molar-refractivity contribution is 0.272. The lowest BCUT2D eigenvalue weighted by atomic mass is 10.2. The van der Waals surface area contributed by atoms with Gasteiger partial charge in [-0.1, -0.05) is 13.8 Å². The predicted molar refractivity (Wildman–Crippen MR) is 83.3 cm³/mol. The van der Waals surface area contributed by atoms with Crippen LogP contribution in [0.3, 0.4) is 0 Å². The molecule has 3 nitrogen and oxygen atoms in total. The minimum atomic E-state index is -0.378. The van der Waals surface area contributed by atoms with Crippen molar-refractivity contribution >= 4 is 15.9 Å². The molecule has 0 atom stereocenters. The molecule has 0 amide bonds. The first-order valence-corrected chi connectivity index (χ1v) is 7.63. The van der Waals surface area contributed by atoms with Crippen LogP contribution in [-0.4, -0.2) is 26.9 Å². The number of ether oxygens (including phenoxy) is 2. The molecule has 0 unspecified atom stereocenters. The van der Waals surface area contributed by atoms with E-state index in [2.05, 4.69) is 35.1 Å². The average molecular weight is 348 g/mol. The number of alkyl halides is 1. The van der Waals surface area contributed by atoms with Crippen molar-refractivity contribution in [2.45, 2.75) is 26.8 Å². The molecule has 1 rings (SSSR count). The molecule has 1 N–H and O–H groups in total. The molecule has 0 aromatic heterocycles. The fourth-order valence-electron chi connectivity index (χ4n) is 1.75. The fourth-order valence-corrected chi connectivity index (χ4v) is 2.35. The van der Waals surface area contributed by atoms with Gasteiger partial charge in [0.05, 0.1) is 24.9 Å². The van der Waals surface area contributed by atoms with Crippen molar-refractivity contribution in [3.05, 3.63) is 22.2 Å². The molecule has 114 valence electrons. The van der Waals surface area contributed by atoms with Gasteiger partial charge in [-0.05, 0) is 46.1 Å². The first kappa shape index (κ1) is 17.2. The van der Waals surface area contributed by atoms with Crippen LogP contribution in [0.5, 0.6) is 11.5 Å². The van der Waals surface area contributed by atoms with Gasteiger partial charge in [-0.3, -0.25) is 4.39 Å². The second kappa shape index (κ2) is 9.19. The molecule has 0 aliphatic heterocycles. The molecule has 0 radical (unpaired) electrons. The smallest absolute Gasteiger partial charge is 0.175 e. The van der Waals surface area contributed by atoms with E-state index in [1.165, 1.54) is 0 Å². The summed E-state index contributed by atoms with van der Waals surface area (Å²) in [6.45, 7) is 6.05. The predicted octanol–water partition coefficient (Wildman–Crippen LogP) is 3.94. The zero-order valence-corrected chi connectivity index (χ0v) is 13.9. The van der Waals surface area contributed by atoms with Gasteiger partial charge < -0.3 is 14.8 Å². The van der Waals surface area contributed by atoms with Gasteiger partial charge in [0.1, 0.15) is 0 Å². The van der Waals surface area contributed by atoms with Gasteiger partial charge in [0.15, 0.2) is 11.5 Å². The van der Waals surface area contributed by atoms with Crippen molar-refractivity contribution in [2.75, 3.05) is 26.9 Å². The molecule has 0 aliphatic rings. The highest BCUT2D eigenvalue weighted by Crippen LogP contribution is 2.36. The van der Waals surface area contributed by atoms with E-state index in [4.69, 9.17) is 9.47 Å². The Morgan fingerprint density at radius 3 is 2.70 bits per heavy atom. The topological polar surface area (TPSA) is 30.5 Å². The first-order valence-electron chi connectivity index (χ1n) is 6.84. The first-order chi connectivity index (χ1) is 9.58. The third-order valence-electron chi connectivity index (χ3n) is 2.70. The van der Waals surface area contributed by atoms with E-state index in [1.54, 1.807) is 7.11 Å². The van der Waals surface area contributed by atoms with Crippen molar-refractivity contribution in [1.82, 2.24) is 5.32 Å². The maximum atomic E-state index is 12.1. The Balaban J connectivity index is 2.73. The minimum absolute atomic E-state index is 0.344. The van der Waals surface area contributed by atoms with Crippen LogP contribution < -0.4 is 14.8 Å². The molecule has 20 heavy (non-hydrogen) atoms. The molecular formula is C15H23BrFNO2. The van der Waals surface area contributed by atoms with Crippen molar-refractivity contribution in [2.24, 2.45) is 5.92 Å². The second-order valence-corrected chi connectivity index (χ2v) is 5.88. The van der Waals surface area contributed by atoms with Gasteiger partial charge in [-0.15, -0.1) is 0 Å². The normalized spacial score (nSPS) is 10.9. The number of methoxy groups -OCH3 is 1. The Bertz CT molecular complexity index is 413. The number of halogens is 2. The highest BCUT2D eigenvalue weighted by atomic mass is 79.9. The molecule has 0 heterocycles. The fraction of sp³-hybridized carbons (Fsp3) is 0.600. The quantitative estimate of drug-likeness (QED) is 0.686. The summed E-state index contributed by atoms with van der Waals surface area (Å²) in [5.74, 6) is 1.91. The van der Waals surface area contributed by atoms with Gasteiger partial charge in [0.2, 0.25) is 0 Å². The van der Waals surface area contributed by atoms with E-state index >= 15 is 0 Å². The highest BCUT2D eigenvalue weighted by molar-refractivity contribution is 9.10. The number of benzene rings is 1. The van der Waals surface area contributed by atoms with E-state index in [-0.39, 0.29) is 6.67 Å². The molecule has 0 saturated carbocycles. The maximum absolute atomic E-state index is 12.1. The highest BCUT2D eigenvalue weighted by Gasteiger charge is 2.11. The summed E-state index contributed by atoms with van der Waals surface area (Å²) in [4.78, 5) is 0. The third kappa shape index (κ3) is 5.67. The van der Waals surface area contributed by atoms with E-state index in [0.717, 1.165) is 23.1 Å². The van der Waals surface area contributed by atoms with Crippen molar-refractivity contribution in [1.29, 1.82) is 0 Å². The van der Waals surface area contributed by atoms with Gasteiger partial charge in [-0.2, -0.15) is 0 Å². The summed E-state index contributed by atoms with van der Waals surface area (Å²) in [6, 6.07) is 3.95. The molecule has 0 fully saturated rings. The Hall–Kier alpha value is -0.810. The molecular weight excluding hydrogens is 325 g/mol. The molecule has 0 spiro atoms. The van der Waals surface area contributed by atoms with Crippen molar-refractivity contribution < 1.29 is 13.9 Å². The van der Waals surface area contributed by atoms with Crippen LogP contribution in [0.2, 0.25) is 0 Å². The zero-order chi connectivity index (χ0) is 15.0. The van der Waals surface area contributed by atoms with Gasteiger partial charge in [0.25, 0.3) is 0 Å². The van der Waals surface area contributed by atoms with Crippen LogP contribution in [0, 0.1) is 5.92 Å². The van der Waals surface area contributed by atoms with Gasteiger partial charge in [-0.25, -0.2) is 0 Å². The molecule has 1 aromatic carbocycles. The molecule has 1 aromatic rings. The summed E-state index contributed by atoms with van der Waals surface area (Å²) in [6.07, 6.45) is 0.382. The standard InChI is InChI=1S/C15H23BrFNO2/c1-11(2)9-18-10-12-7-13(16)15(14(8-12)19-3)20-6-4-5-17/h7-8,11,18H,4-6,9-10H2,1-3H3. The summed E-state index contributed by atoms with van der Waals surface area (Å²) in [5, 5.41) is 3.38. The van der Waals surface area contributed by atoms with Crippen molar-refractivity contribution in [3.63, 3.8) is 0 Å². The maximum Gasteiger partial charge on any atom is 0.175 e. The van der Waals surface area contributed by atoms with Crippen LogP contribution >= 0.6 is 15.9 Å². The molecule has 5 heteroatoms. The lowest BCUT2D eigenvalue weighted by Crippen LogP contribution is -2.19. The van der Waals surface area contributed by atoms with E-state index in [1.807, 2.05) is 12.1 Å². The average Bonchev–Trinajstić information content (AvgIpc) is 2.40. The Morgan fingerprint density at radius 1 is 1.35 bits per heavy atom. The summed E-state index contributed by atoms with van der Waals surface area (Å²) < 4.78 is 23.9. The van der Waals surface area contributed by atoms with E-state index in [0.29, 0.717) is 30.4 Å². The third-order valence-corrected chi connectivity index (χ3v) is 3.28. The van der Waals surface area contributed by atoms with Crippen LogP contribution in [0.25, 0.3) is 0 Å². The molecule has 0 bridgehead atoms. The number of hydrogen-bond donors (Lipinski definition) is 1. The molecule has 0 saturated heterocycles. The van der Waals surface area contributed by atoms with Gasteiger partial charge >= 0.3 is 0 Å². The Kier molecular flexibility index (Phi) is 7.92. The number of nitrogens with one attached hydrogen (secondary N) is 1. The lowest BCUT2D eigenvalue weighted by Gasteiger charge is -2.15. The number of rotatable bonds is 9. The van der Waals surface area contributed by atoms with E-state index < -0.39 is 0 Å². The Labute approximate surface area is 129 Å². The van der Waals surface area contributed by atoms with E-state index in [9.17, 15) is 4.39 Å². The Morgan fingerprint density at radius 2 is 2.10 bits per heavy atom. The largest absolute Gasteiger partial charge is 0.493 e.